The summed E-state index contributed by atoms with van der Waals surface area (Å²) in [5.41, 5.74) is 2.72. The molecule has 144 valence electrons. The van der Waals surface area contributed by atoms with Crippen LogP contribution in [0, 0.1) is 21.4 Å². The van der Waals surface area contributed by atoms with Crippen LogP contribution in [0.3, 0.4) is 0 Å². The number of nitriles is 1. The van der Waals surface area contributed by atoms with E-state index in [0.717, 1.165) is 5.56 Å². The van der Waals surface area contributed by atoms with Crippen molar-refractivity contribution in [2.45, 2.75) is 0 Å². The summed E-state index contributed by atoms with van der Waals surface area (Å²) in [6.45, 7) is 0. The molecule has 0 atom stereocenters. The molecule has 0 radical (unpaired) electrons. The van der Waals surface area contributed by atoms with E-state index in [1.165, 1.54) is 22.9 Å². The van der Waals surface area contributed by atoms with E-state index in [4.69, 9.17) is 5.26 Å². The van der Waals surface area contributed by atoms with Crippen LogP contribution in [0.25, 0.3) is 28.7 Å². The van der Waals surface area contributed by atoms with Gasteiger partial charge in [0.2, 0.25) is 5.43 Å². The average molecular weight is 394 g/mol. The predicted octanol–water partition coefficient (Wildman–Crippen LogP) is 4.34. The minimum Gasteiger partial charge on any atom is -0.288 e. The fraction of sp³-hybridized carbons (Fsp3) is 0. The number of benzene rings is 2. The molecule has 0 unspecified atom stereocenters. The lowest BCUT2D eigenvalue weighted by Gasteiger charge is -2.01. The first-order chi connectivity index (χ1) is 14.6. The lowest BCUT2D eigenvalue weighted by Crippen LogP contribution is -2.05. The fourth-order valence-corrected chi connectivity index (χ4v) is 3.09. The van der Waals surface area contributed by atoms with Gasteiger partial charge in [-0.25, -0.2) is 4.68 Å². The van der Waals surface area contributed by atoms with E-state index >= 15 is 0 Å². The zero-order valence-electron chi connectivity index (χ0n) is 15.6. The van der Waals surface area contributed by atoms with Gasteiger partial charge in [0.15, 0.2) is 0 Å². The molecule has 0 N–H and O–H groups in total. The molecule has 7 nitrogen and oxygen atoms in total. The van der Waals surface area contributed by atoms with E-state index in [2.05, 4.69) is 11.2 Å². The molecule has 1 aromatic heterocycles. The van der Waals surface area contributed by atoms with Crippen molar-refractivity contribution in [1.82, 2.24) is 9.78 Å². The van der Waals surface area contributed by atoms with E-state index in [-0.39, 0.29) is 11.1 Å². The van der Waals surface area contributed by atoms with Gasteiger partial charge in [-0.05, 0) is 42.0 Å². The maximum atomic E-state index is 12.7. The summed E-state index contributed by atoms with van der Waals surface area (Å²) < 4.78 is 1.50. The highest BCUT2D eigenvalue weighted by Crippen LogP contribution is 2.22. The van der Waals surface area contributed by atoms with Gasteiger partial charge < -0.3 is 0 Å². The van der Waals surface area contributed by atoms with Crippen molar-refractivity contribution < 1.29 is 4.92 Å². The molecule has 0 aliphatic heterocycles. The number of aromatic nitrogens is 2. The summed E-state index contributed by atoms with van der Waals surface area (Å²) in [5.74, 6) is 0. The summed E-state index contributed by atoms with van der Waals surface area (Å²) in [6.07, 6.45) is 3.64. The maximum Gasteiger partial charge on any atom is 0.269 e. The van der Waals surface area contributed by atoms with Gasteiger partial charge in [0.1, 0.15) is 5.52 Å². The van der Waals surface area contributed by atoms with Gasteiger partial charge in [0, 0.05) is 17.5 Å². The number of rotatable bonds is 4. The highest BCUT2D eigenvalue weighted by Gasteiger charge is 2.13. The van der Waals surface area contributed by atoms with Crippen molar-refractivity contribution in [2.24, 2.45) is 0 Å². The van der Waals surface area contributed by atoms with Crippen LogP contribution in [0.4, 0.5) is 5.69 Å². The van der Waals surface area contributed by atoms with Crippen LogP contribution in [0.15, 0.2) is 77.6 Å². The molecular formula is C23H14N4O3. The number of nitro groups is 1. The first kappa shape index (κ1) is 18.8. The molecule has 0 fully saturated rings. The van der Waals surface area contributed by atoms with Crippen LogP contribution in [0.1, 0.15) is 16.8 Å². The third kappa shape index (κ3) is 3.57. The van der Waals surface area contributed by atoms with Gasteiger partial charge in [-0.3, -0.25) is 14.9 Å². The molecule has 4 aromatic rings. The molecule has 1 heterocycles. The van der Waals surface area contributed by atoms with Crippen molar-refractivity contribution in [3.05, 3.63) is 110 Å². The van der Waals surface area contributed by atoms with Crippen LogP contribution in [-0.2, 0) is 0 Å². The summed E-state index contributed by atoms with van der Waals surface area (Å²) in [4.78, 5) is 23.1. The molecule has 0 aliphatic carbocycles. The molecule has 0 saturated heterocycles. The summed E-state index contributed by atoms with van der Waals surface area (Å²) >= 11 is 0. The smallest absolute Gasteiger partial charge is 0.269 e. The number of non-ortho nitro benzene ring substituents is 1. The van der Waals surface area contributed by atoms with Gasteiger partial charge in [0.25, 0.3) is 5.69 Å². The van der Waals surface area contributed by atoms with E-state index in [0.29, 0.717) is 27.8 Å². The van der Waals surface area contributed by atoms with Gasteiger partial charge >= 0.3 is 0 Å². The summed E-state index contributed by atoms with van der Waals surface area (Å²) in [7, 11) is 0. The maximum absolute atomic E-state index is 12.7. The molecule has 7 heteroatoms. The van der Waals surface area contributed by atoms with Gasteiger partial charge in [-0.15, -0.1) is 0 Å². The zero-order valence-corrected chi connectivity index (χ0v) is 15.6. The highest BCUT2D eigenvalue weighted by molar-refractivity contribution is 5.90. The Morgan fingerprint density at radius 3 is 2.33 bits per heavy atom. The van der Waals surface area contributed by atoms with Crippen molar-refractivity contribution >= 4 is 28.7 Å². The quantitative estimate of drug-likeness (QED) is 0.378. The molecule has 0 saturated carbocycles. The Morgan fingerprint density at radius 1 is 0.967 bits per heavy atom. The molecule has 0 amide bonds. The van der Waals surface area contributed by atoms with Crippen LogP contribution >= 0.6 is 0 Å². The number of hydrogen-bond donors (Lipinski definition) is 0. The standard InChI is InChI=1S/C23H14N4O3/c24-15-17-7-5-16(6-8-17)9-14-21-20-3-1-2-4-22(28)23(20)26(25-21)18-10-12-19(13-11-18)27(29)30/h1-14H. The molecule has 0 spiro atoms. The van der Waals surface area contributed by atoms with E-state index < -0.39 is 4.92 Å². The largest absolute Gasteiger partial charge is 0.288 e. The van der Waals surface area contributed by atoms with E-state index in [1.807, 2.05) is 24.3 Å². The number of hydrogen-bond acceptors (Lipinski definition) is 5. The van der Waals surface area contributed by atoms with E-state index in [1.54, 1.807) is 42.5 Å². The van der Waals surface area contributed by atoms with Crippen LogP contribution in [0.2, 0.25) is 0 Å². The van der Waals surface area contributed by atoms with Crippen molar-refractivity contribution in [3.8, 4) is 11.8 Å². The van der Waals surface area contributed by atoms with Gasteiger partial charge in [-0.2, -0.15) is 10.4 Å². The highest BCUT2D eigenvalue weighted by atomic mass is 16.6. The second-order valence-corrected chi connectivity index (χ2v) is 6.48. The molecule has 0 bridgehead atoms. The van der Waals surface area contributed by atoms with Gasteiger partial charge in [0.05, 0.1) is 27.9 Å². The number of nitro benzene ring substituents is 1. The normalized spacial score (nSPS) is 10.9. The molecule has 0 aliphatic rings. The minimum absolute atomic E-state index is 0.0379. The molecule has 3 aromatic carbocycles. The first-order valence-corrected chi connectivity index (χ1v) is 9.02. The lowest BCUT2D eigenvalue weighted by atomic mass is 10.1. The summed E-state index contributed by atoms with van der Waals surface area (Å²) in [5, 5.41) is 25.1. The monoisotopic (exact) mass is 394 g/mol. The average Bonchev–Trinajstić information content (AvgIpc) is 3.03. The van der Waals surface area contributed by atoms with Crippen molar-refractivity contribution in [2.75, 3.05) is 0 Å². The molecular weight excluding hydrogens is 380 g/mol. The second kappa shape index (κ2) is 7.81. The van der Waals surface area contributed by atoms with E-state index in [9.17, 15) is 14.9 Å². The topological polar surface area (TPSA) is 102 Å². The van der Waals surface area contributed by atoms with Crippen LogP contribution in [0.5, 0.6) is 0 Å². The SMILES string of the molecule is N#Cc1ccc(C=Cc2nn(-c3ccc([N+](=O)[O-])cc3)c3c(=O)ccccc23)cc1. The van der Waals surface area contributed by atoms with Crippen LogP contribution < -0.4 is 5.43 Å². The van der Waals surface area contributed by atoms with Crippen LogP contribution in [-0.4, -0.2) is 14.7 Å². The predicted molar refractivity (Wildman–Crippen MR) is 114 cm³/mol. The Kier molecular flexibility index (Phi) is 4.89. The minimum atomic E-state index is -0.476. The number of fused-ring (bicyclic) bond motifs is 1. The van der Waals surface area contributed by atoms with Gasteiger partial charge in [-0.1, -0.05) is 36.4 Å². The Hall–Kier alpha value is -4.57. The van der Waals surface area contributed by atoms with Crippen molar-refractivity contribution in [3.63, 3.8) is 0 Å². The Balaban J connectivity index is 1.85. The fourth-order valence-electron chi connectivity index (χ4n) is 3.09. The molecule has 30 heavy (non-hydrogen) atoms. The van der Waals surface area contributed by atoms with Crippen molar-refractivity contribution in [1.29, 1.82) is 5.26 Å². The molecule has 4 rings (SSSR count). The zero-order chi connectivity index (χ0) is 21.1. The summed E-state index contributed by atoms with van der Waals surface area (Å²) in [6, 6.07) is 21.8. The Bertz CT molecular complexity index is 1380. The first-order valence-electron chi connectivity index (χ1n) is 9.02. The third-order valence-corrected chi connectivity index (χ3v) is 4.58. The Labute approximate surface area is 170 Å². The number of nitrogens with zero attached hydrogens (tertiary/aromatic N) is 4. The second-order valence-electron chi connectivity index (χ2n) is 6.48. The Morgan fingerprint density at radius 2 is 1.67 bits per heavy atom. The lowest BCUT2D eigenvalue weighted by molar-refractivity contribution is -0.384. The third-order valence-electron chi connectivity index (χ3n) is 4.58.